The van der Waals surface area contributed by atoms with E-state index in [-0.39, 0.29) is 11.9 Å². The number of carbonyl (C=O) groups is 1. The van der Waals surface area contributed by atoms with Crippen molar-refractivity contribution in [3.05, 3.63) is 46.7 Å². The predicted molar refractivity (Wildman–Crippen MR) is 86.0 cm³/mol. The van der Waals surface area contributed by atoms with Crippen molar-refractivity contribution in [1.82, 2.24) is 0 Å². The Bertz CT molecular complexity index is 584. The molecule has 2 atom stereocenters. The SMILES string of the molecule is COc1ccccc1NC(=O)[C@@H](C)[NH+](C)Cc1cccs1. The third-order valence-corrected chi connectivity index (χ3v) is 4.41. The van der Waals surface area contributed by atoms with E-state index >= 15 is 0 Å². The topological polar surface area (TPSA) is 42.8 Å². The van der Waals surface area contributed by atoms with Gasteiger partial charge in [0.05, 0.1) is 24.7 Å². The highest BCUT2D eigenvalue weighted by atomic mass is 32.1. The zero-order valence-electron chi connectivity index (χ0n) is 12.6. The lowest BCUT2D eigenvalue weighted by Gasteiger charge is -2.21. The maximum atomic E-state index is 12.4. The van der Waals surface area contributed by atoms with E-state index in [4.69, 9.17) is 4.74 Å². The molecule has 1 aromatic heterocycles. The maximum absolute atomic E-state index is 12.4. The molecule has 21 heavy (non-hydrogen) atoms. The van der Waals surface area contributed by atoms with Gasteiger partial charge in [0.1, 0.15) is 12.3 Å². The van der Waals surface area contributed by atoms with E-state index in [9.17, 15) is 4.79 Å². The van der Waals surface area contributed by atoms with Gasteiger partial charge >= 0.3 is 0 Å². The largest absolute Gasteiger partial charge is 0.495 e. The van der Waals surface area contributed by atoms with Crippen molar-refractivity contribution in [3.63, 3.8) is 0 Å². The number of hydrogen-bond acceptors (Lipinski definition) is 3. The molecule has 2 rings (SSSR count). The van der Waals surface area contributed by atoms with Gasteiger partial charge in [0.2, 0.25) is 0 Å². The first-order valence-corrected chi connectivity index (χ1v) is 7.78. The van der Waals surface area contributed by atoms with Gasteiger partial charge in [0, 0.05) is 0 Å². The van der Waals surface area contributed by atoms with Crippen molar-refractivity contribution in [1.29, 1.82) is 0 Å². The van der Waals surface area contributed by atoms with Gasteiger partial charge in [-0.3, -0.25) is 4.79 Å². The van der Waals surface area contributed by atoms with Crippen molar-refractivity contribution in [2.45, 2.75) is 19.5 Å². The molecular weight excluding hydrogens is 284 g/mol. The summed E-state index contributed by atoms with van der Waals surface area (Å²) in [7, 11) is 3.63. The van der Waals surface area contributed by atoms with Crippen molar-refractivity contribution in [3.8, 4) is 5.75 Å². The summed E-state index contributed by atoms with van der Waals surface area (Å²) < 4.78 is 5.25. The fourth-order valence-electron chi connectivity index (χ4n) is 2.05. The van der Waals surface area contributed by atoms with Crippen LogP contribution in [0.1, 0.15) is 11.8 Å². The van der Waals surface area contributed by atoms with Gasteiger partial charge in [-0.1, -0.05) is 18.2 Å². The van der Waals surface area contributed by atoms with Crippen LogP contribution in [0.15, 0.2) is 41.8 Å². The summed E-state index contributed by atoms with van der Waals surface area (Å²) in [6, 6.07) is 11.4. The molecule has 0 aliphatic rings. The van der Waals surface area contributed by atoms with Gasteiger partial charge in [-0.05, 0) is 30.5 Å². The molecule has 5 heteroatoms. The lowest BCUT2D eigenvalue weighted by Crippen LogP contribution is -3.12. The van der Waals surface area contributed by atoms with E-state index in [1.165, 1.54) is 4.88 Å². The molecule has 0 aliphatic heterocycles. The van der Waals surface area contributed by atoms with Gasteiger partial charge in [-0.2, -0.15) is 0 Å². The summed E-state index contributed by atoms with van der Waals surface area (Å²) in [4.78, 5) is 14.8. The number of nitrogens with one attached hydrogen (secondary N) is 2. The van der Waals surface area contributed by atoms with Crippen LogP contribution < -0.4 is 15.0 Å². The number of para-hydroxylation sites is 2. The van der Waals surface area contributed by atoms with Crippen LogP contribution in [0.25, 0.3) is 0 Å². The first kappa shape index (κ1) is 15.5. The number of methoxy groups -OCH3 is 1. The normalized spacial score (nSPS) is 13.5. The zero-order valence-corrected chi connectivity index (χ0v) is 13.4. The molecule has 1 aromatic carbocycles. The quantitative estimate of drug-likeness (QED) is 0.854. The van der Waals surface area contributed by atoms with Crippen LogP contribution in [0, 0.1) is 0 Å². The van der Waals surface area contributed by atoms with Gasteiger partial charge in [0.25, 0.3) is 5.91 Å². The minimum Gasteiger partial charge on any atom is -0.495 e. The second kappa shape index (κ2) is 7.24. The number of benzene rings is 1. The second-order valence-electron chi connectivity index (χ2n) is 5.01. The Morgan fingerprint density at radius 1 is 1.33 bits per heavy atom. The highest BCUT2D eigenvalue weighted by Crippen LogP contribution is 2.22. The molecule has 1 unspecified atom stereocenters. The molecule has 2 N–H and O–H groups in total. The lowest BCUT2D eigenvalue weighted by atomic mass is 10.2. The molecule has 0 saturated carbocycles. The summed E-state index contributed by atoms with van der Waals surface area (Å²) in [6.07, 6.45) is 0. The van der Waals surface area contributed by atoms with Gasteiger partial charge in [-0.25, -0.2) is 0 Å². The molecule has 0 bridgehead atoms. The summed E-state index contributed by atoms with van der Waals surface area (Å²) >= 11 is 1.72. The van der Waals surface area contributed by atoms with Crippen LogP contribution in [0.3, 0.4) is 0 Å². The van der Waals surface area contributed by atoms with E-state index in [0.717, 1.165) is 11.4 Å². The van der Waals surface area contributed by atoms with E-state index < -0.39 is 0 Å². The van der Waals surface area contributed by atoms with Crippen molar-refractivity contribution in [2.24, 2.45) is 0 Å². The van der Waals surface area contributed by atoms with Gasteiger partial charge < -0.3 is 15.0 Å². The molecule has 1 heterocycles. The summed E-state index contributed by atoms with van der Waals surface area (Å²) in [5.41, 5.74) is 0.709. The van der Waals surface area contributed by atoms with Crippen LogP contribution in [0.5, 0.6) is 5.75 Å². The first-order chi connectivity index (χ1) is 10.1. The molecule has 0 spiro atoms. The van der Waals surface area contributed by atoms with Crippen LogP contribution in [-0.2, 0) is 11.3 Å². The average molecular weight is 305 g/mol. The fourth-order valence-corrected chi connectivity index (χ4v) is 2.85. The van der Waals surface area contributed by atoms with Gasteiger partial charge in [-0.15, -0.1) is 11.3 Å². The number of rotatable bonds is 6. The first-order valence-electron chi connectivity index (χ1n) is 6.90. The number of carbonyl (C=O) groups excluding carboxylic acids is 1. The molecule has 1 amide bonds. The Labute approximate surface area is 129 Å². The zero-order chi connectivity index (χ0) is 15.2. The maximum Gasteiger partial charge on any atom is 0.282 e. The predicted octanol–water partition coefficient (Wildman–Crippen LogP) is 1.80. The van der Waals surface area contributed by atoms with Crippen LogP contribution in [-0.4, -0.2) is 26.1 Å². The average Bonchev–Trinajstić information content (AvgIpc) is 2.99. The second-order valence-corrected chi connectivity index (χ2v) is 6.05. The molecule has 2 aromatic rings. The number of quaternary nitrogens is 1. The fraction of sp³-hybridized carbons (Fsp3) is 0.312. The van der Waals surface area contributed by atoms with Crippen molar-refractivity contribution >= 4 is 22.9 Å². The molecule has 0 fully saturated rings. The third-order valence-electron chi connectivity index (χ3n) is 3.53. The molecule has 112 valence electrons. The Morgan fingerprint density at radius 2 is 2.10 bits per heavy atom. The third kappa shape index (κ3) is 4.06. The minimum absolute atomic E-state index is 0.00597. The van der Waals surface area contributed by atoms with Crippen LogP contribution in [0.4, 0.5) is 5.69 Å². The molecular formula is C16H21N2O2S+. The number of likely N-dealkylation sites (N-methyl/N-ethyl adjacent to an activating group) is 1. The van der Waals surface area contributed by atoms with Crippen LogP contribution in [0.2, 0.25) is 0 Å². The smallest absolute Gasteiger partial charge is 0.282 e. The lowest BCUT2D eigenvalue weighted by molar-refractivity contribution is -0.907. The van der Waals surface area contributed by atoms with E-state index in [1.807, 2.05) is 44.3 Å². The summed E-state index contributed by atoms with van der Waals surface area (Å²) in [5.74, 6) is 0.669. The van der Waals surface area contributed by atoms with Crippen molar-refractivity contribution < 1.29 is 14.4 Å². The summed E-state index contributed by atoms with van der Waals surface area (Å²) in [6.45, 7) is 2.78. The number of ether oxygens (including phenoxy) is 1. The molecule has 4 nitrogen and oxygen atoms in total. The highest BCUT2D eigenvalue weighted by molar-refractivity contribution is 7.09. The number of hydrogen-bond donors (Lipinski definition) is 2. The van der Waals surface area contributed by atoms with E-state index in [2.05, 4.69) is 16.8 Å². The Kier molecular flexibility index (Phi) is 5.36. The number of anilines is 1. The monoisotopic (exact) mass is 305 g/mol. The Hall–Kier alpha value is -1.85. The number of amides is 1. The van der Waals surface area contributed by atoms with Crippen LogP contribution >= 0.6 is 11.3 Å². The number of thiophene rings is 1. The standard InChI is InChI=1S/C16H20N2O2S/c1-12(18(2)11-13-7-6-10-21-13)16(19)17-14-8-4-5-9-15(14)20-3/h4-10,12H,11H2,1-3H3,(H,17,19)/p+1/t12-/m1/s1. The van der Waals surface area contributed by atoms with E-state index in [1.54, 1.807) is 18.4 Å². The van der Waals surface area contributed by atoms with Gasteiger partial charge in [0.15, 0.2) is 6.04 Å². The minimum atomic E-state index is -0.142. The molecule has 0 saturated heterocycles. The Morgan fingerprint density at radius 3 is 2.76 bits per heavy atom. The molecule has 0 aliphatic carbocycles. The Balaban J connectivity index is 1.98. The summed E-state index contributed by atoms with van der Waals surface area (Å²) in [5, 5.41) is 5.00. The van der Waals surface area contributed by atoms with E-state index in [0.29, 0.717) is 11.4 Å². The molecule has 0 radical (unpaired) electrons. The van der Waals surface area contributed by atoms with Crippen molar-refractivity contribution in [2.75, 3.05) is 19.5 Å². The highest BCUT2D eigenvalue weighted by Gasteiger charge is 2.23.